The zero-order chi connectivity index (χ0) is 13.4. The molecule has 4 nitrogen and oxygen atoms in total. The summed E-state index contributed by atoms with van der Waals surface area (Å²) in [5, 5.41) is 3.74. The molecule has 0 aromatic carbocycles. The number of carbonyl (C=O) groups excluding carboxylic acids is 1. The lowest BCUT2D eigenvalue weighted by atomic mass is 10.3. The summed E-state index contributed by atoms with van der Waals surface area (Å²) >= 11 is 7.50. The standard InChI is InChI=1S/C12H17ClN2O2S/c1-3-14-11-6-5-9(13)10(15-11)7-18-8-12(16)17-4-2/h5-6H,3-4,7-8H2,1-2H3,(H,14,15). The van der Waals surface area contributed by atoms with E-state index >= 15 is 0 Å². The van der Waals surface area contributed by atoms with Gasteiger partial charge in [-0.2, -0.15) is 0 Å². The smallest absolute Gasteiger partial charge is 0.315 e. The van der Waals surface area contributed by atoms with Gasteiger partial charge in [-0.3, -0.25) is 4.79 Å². The van der Waals surface area contributed by atoms with Crippen LogP contribution in [0.15, 0.2) is 12.1 Å². The first-order valence-electron chi connectivity index (χ1n) is 5.80. The van der Waals surface area contributed by atoms with Crippen molar-refractivity contribution >= 4 is 35.1 Å². The number of aromatic nitrogens is 1. The van der Waals surface area contributed by atoms with Crippen LogP contribution in [0, 0.1) is 0 Å². The highest BCUT2D eigenvalue weighted by Crippen LogP contribution is 2.21. The zero-order valence-corrected chi connectivity index (χ0v) is 12.1. The van der Waals surface area contributed by atoms with Crippen molar-refractivity contribution in [3.63, 3.8) is 0 Å². The van der Waals surface area contributed by atoms with E-state index in [9.17, 15) is 4.79 Å². The third kappa shape index (κ3) is 5.14. The third-order valence-electron chi connectivity index (χ3n) is 2.04. The molecule has 1 heterocycles. The highest BCUT2D eigenvalue weighted by atomic mass is 35.5. The second kappa shape index (κ2) is 8.21. The fourth-order valence-electron chi connectivity index (χ4n) is 1.30. The number of ether oxygens (including phenoxy) is 1. The Morgan fingerprint density at radius 1 is 1.50 bits per heavy atom. The molecule has 1 rings (SSSR count). The van der Waals surface area contributed by atoms with Crippen LogP contribution in [0.2, 0.25) is 5.02 Å². The highest BCUT2D eigenvalue weighted by Gasteiger charge is 2.07. The van der Waals surface area contributed by atoms with E-state index < -0.39 is 0 Å². The number of pyridine rings is 1. The molecule has 0 saturated carbocycles. The molecule has 0 spiro atoms. The molecule has 1 aromatic heterocycles. The molecular weight excluding hydrogens is 272 g/mol. The average Bonchev–Trinajstić information content (AvgIpc) is 2.34. The molecule has 0 aliphatic rings. The lowest BCUT2D eigenvalue weighted by Crippen LogP contribution is -2.07. The molecule has 0 amide bonds. The molecular formula is C12H17ClN2O2S. The van der Waals surface area contributed by atoms with Gasteiger partial charge in [0.25, 0.3) is 0 Å². The van der Waals surface area contributed by atoms with Crippen molar-refractivity contribution < 1.29 is 9.53 Å². The van der Waals surface area contributed by atoms with Gasteiger partial charge in [0.05, 0.1) is 23.1 Å². The van der Waals surface area contributed by atoms with Gasteiger partial charge in [-0.05, 0) is 26.0 Å². The van der Waals surface area contributed by atoms with Crippen molar-refractivity contribution in [2.45, 2.75) is 19.6 Å². The van der Waals surface area contributed by atoms with Gasteiger partial charge in [-0.25, -0.2) is 4.98 Å². The van der Waals surface area contributed by atoms with Crippen LogP contribution >= 0.6 is 23.4 Å². The molecule has 0 radical (unpaired) electrons. The van der Waals surface area contributed by atoms with Crippen LogP contribution in [0.25, 0.3) is 0 Å². The van der Waals surface area contributed by atoms with E-state index in [2.05, 4.69) is 10.3 Å². The Morgan fingerprint density at radius 3 is 2.94 bits per heavy atom. The van der Waals surface area contributed by atoms with E-state index in [1.807, 2.05) is 19.1 Å². The van der Waals surface area contributed by atoms with Crippen molar-refractivity contribution in [2.75, 3.05) is 24.2 Å². The average molecular weight is 289 g/mol. The number of esters is 1. The Morgan fingerprint density at radius 2 is 2.28 bits per heavy atom. The van der Waals surface area contributed by atoms with Crippen LogP contribution in [-0.4, -0.2) is 29.9 Å². The fourth-order valence-corrected chi connectivity index (χ4v) is 2.32. The van der Waals surface area contributed by atoms with Crippen LogP contribution in [0.4, 0.5) is 5.82 Å². The van der Waals surface area contributed by atoms with Crippen LogP contribution in [0.3, 0.4) is 0 Å². The molecule has 0 fully saturated rings. The highest BCUT2D eigenvalue weighted by molar-refractivity contribution is 7.99. The largest absolute Gasteiger partial charge is 0.465 e. The molecule has 1 N–H and O–H groups in total. The molecule has 0 bridgehead atoms. The van der Waals surface area contributed by atoms with E-state index in [0.29, 0.717) is 23.1 Å². The molecule has 18 heavy (non-hydrogen) atoms. The lowest BCUT2D eigenvalue weighted by molar-refractivity contribution is -0.139. The summed E-state index contributed by atoms with van der Waals surface area (Å²) in [6, 6.07) is 3.65. The molecule has 0 aliphatic carbocycles. The number of rotatable bonds is 7. The Hall–Kier alpha value is -0.940. The summed E-state index contributed by atoms with van der Waals surface area (Å²) in [7, 11) is 0. The quantitative estimate of drug-likeness (QED) is 0.782. The van der Waals surface area contributed by atoms with Gasteiger partial charge in [0.1, 0.15) is 5.82 Å². The first-order chi connectivity index (χ1) is 8.67. The van der Waals surface area contributed by atoms with Crippen LogP contribution in [0.5, 0.6) is 0 Å². The molecule has 0 aliphatic heterocycles. The maximum atomic E-state index is 11.2. The van der Waals surface area contributed by atoms with Gasteiger partial charge in [0, 0.05) is 12.3 Å². The van der Waals surface area contributed by atoms with Gasteiger partial charge >= 0.3 is 5.97 Å². The van der Waals surface area contributed by atoms with Crippen molar-refractivity contribution in [1.29, 1.82) is 0 Å². The summed E-state index contributed by atoms with van der Waals surface area (Å²) in [5.41, 5.74) is 0.782. The number of hydrogen-bond donors (Lipinski definition) is 1. The Balaban J connectivity index is 2.50. The number of hydrogen-bond acceptors (Lipinski definition) is 5. The number of carbonyl (C=O) groups is 1. The van der Waals surface area contributed by atoms with Crippen molar-refractivity contribution in [1.82, 2.24) is 4.98 Å². The Labute approximate surface area is 116 Å². The summed E-state index contributed by atoms with van der Waals surface area (Å²) in [6.07, 6.45) is 0. The number of thioether (sulfide) groups is 1. The molecule has 0 atom stereocenters. The second-order valence-electron chi connectivity index (χ2n) is 3.45. The Bertz CT molecular complexity index is 402. The van der Waals surface area contributed by atoms with Crippen LogP contribution < -0.4 is 5.32 Å². The molecule has 6 heteroatoms. The fraction of sp³-hybridized carbons (Fsp3) is 0.500. The monoisotopic (exact) mass is 288 g/mol. The van der Waals surface area contributed by atoms with Crippen molar-refractivity contribution in [3.8, 4) is 0 Å². The van der Waals surface area contributed by atoms with Crippen LogP contribution in [0.1, 0.15) is 19.5 Å². The minimum atomic E-state index is -0.207. The third-order valence-corrected chi connectivity index (χ3v) is 3.30. The van der Waals surface area contributed by atoms with Gasteiger partial charge in [0.2, 0.25) is 0 Å². The van der Waals surface area contributed by atoms with E-state index in [4.69, 9.17) is 16.3 Å². The predicted molar refractivity (Wildman–Crippen MR) is 76.2 cm³/mol. The van der Waals surface area contributed by atoms with Gasteiger partial charge in [0.15, 0.2) is 0 Å². The summed E-state index contributed by atoms with van der Waals surface area (Å²) in [4.78, 5) is 15.6. The summed E-state index contributed by atoms with van der Waals surface area (Å²) in [6.45, 7) is 5.02. The maximum Gasteiger partial charge on any atom is 0.315 e. The van der Waals surface area contributed by atoms with Gasteiger partial charge in [-0.15, -0.1) is 11.8 Å². The normalized spacial score (nSPS) is 10.2. The van der Waals surface area contributed by atoms with Crippen LogP contribution in [-0.2, 0) is 15.3 Å². The molecule has 1 aromatic rings. The first kappa shape index (κ1) is 15.1. The second-order valence-corrected chi connectivity index (χ2v) is 4.85. The summed E-state index contributed by atoms with van der Waals surface area (Å²) in [5.74, 6) is 1.50. The summed E-state index contributed by atoms with van der Waals surface area (Å²) < 4.78 is 4.85. The van der Waals surface area contributed by atoms with Gasteiger partial charge in [-0.1, -0.05) is 11.6 Å². The lowest BCUT2D eigenvalue weighted by Gasteiger charge is -2.07. The van der Waals surface area contributed by atoms with E-state index in [-0.39, 0.29) is 5.97 Å². The van der Waals surface area contributed by atoms with E-state index in [1.54, 1.807) is 6.92 Å². The number of nitrogens with zero attached hydrogens (tertiary/aromatic N) is 1. The number of nitrogens with one attached hydrogen (secondary N) is 1. The first-order valence-corrected chi connectivity index (χ1v) is 7.33. The van der Waals surface area contributed by atoms with E-state index in [1.165, 1.54) is 11.8 Å². The number of anilines is 1. The molecule has 100 valence electrons. The van der Waals surface area contributed by atoms with E-state index in [0.717, 1.165) is 18.1 Å². The molecule has 0 saturated heterocycles. The van der Waals surface area contributed by atoms with Crippen molar-refractivity contribution in [2.24, 2.45) is 0 Å². The van der Waals surface area contributed by atoms with Crippen molar-refractivity contribution in [3.05, 3.63) is 22.8 Å². The van der Waals surface area contributed by atoms with Gasteiger partial charge < -0.3 is 10.1 Å². The minimum absolute atomic E-state index is 0.207. The number of halogens is 1. The molecule has 0 unspecified atom stereocenters. The predicted octanol–water partition coefficient (Wildman–Crippen LogP) is 2.96. The topological polar surface area (TPSA) is 51.2 Å². The Kier molecular flexibility index (Phi) is 6.90. The zero-order valence-electron chi connectivity index (χ0n) is 10.5. The minimum Gasteiger partial charge on any atom is -0.465 e. The maximum absolute atomic E-state index is 11.2. The SMILES string of the molecule is CCNc1ccc(Cl)c(CSCC(=O)OCC)n1.